The Bertz CT molecular complexity index is 754. The maximum Gasteiger partial charge on any atom is 0.339 e. The molecule has 2 aromatic rings. The van der Waals surface area contributed by atoms with Crippen LogP contribution in [0.15, 0.2) is 52.4 Å². The van der Waals surface area contributed by atoms with Crippen LogP contribution in [0.2, 0.25) is 0 Å². The third kappa shape index (κ3) is 4.41. The number of nitrogens with zero attached hydrogens (tertiary/aromatic N) is 2. The van der Waals surface area contributed by atoms with Gasteiger partial charge in [0.2, 0.25) is 0 Å². The molecule has 0 atom stereocenters. The van der Waals surface area contributed by atoms with Gasteiger partial charge in [-0.25, -0.2) is 4.79 Å². The van der Waals surface area contributed by atoms with Crippen molar-refractivity contribution in [3.63, 3.8) is 0 Å². The number of benzene rings is 2. The molecule has 2 aromatic carbocycles. The summed E-state index contributed by atoms with van der Waals surface area (Å²) in [6.45, 7) is 0.783. The number of aliphatic imine (C=N–C) groups is 2. The molecule has 0 heterocycles. The average molecular weight is 312 g/mol. The van der Waals surface area contributed by atoms with E-state index in [0.717, 1.165) is 0 Å². The molecule has 0 spiro atoms. The topological polar surface area (TPSA) is 102 Å². The van der Waals surface area contributed by atoms with Crippen LogP contribution in [0.4, 0.5) is 0 Å². The summed E-state index contributed by atoms with van der Waals surface area (Å²) in [5, 5.41) is 28.3. The molecule has 0 aliphatic rings. The van der Waals surface area contributed by atoms with Crippen molar-refractivity contribution in [1.29, 1.82) is 0 Å². The number of para-hydroxylation sites is 2. The molecule has 6 heteroatoms. The lowest BCUT2D eigenvalue weighted by molar-refractivity contribution is 0.0693. The zero-order chi connectivity index (χ0) is 16.7. The number of hydrogen-bond acceptors (Lipinski definition) is 5. The molecule has 2 rings (SSSR count). The quantitative estimate of drug-likeness (QED) is 0.562. The van der Waals surface area contributed by atoms with E-state index in [1.807, 2.05) is 0 Å². The lowest BCUT2D eigenvalue weighted by atomic mass is 10.1. The Morgan fingerprint density at radius 2 is 1.52 bits per heavy atom. The summed E-state index contributed by atoms with van der Waals surface area (Å²) in [5.74, 6) is -1.33. The molecule has 6 nitrogen and oxygen atoms in total. The van der Waals surface area contributed by atoms with Gasteiger partial charge in [0.15, 0.2) is 0 Å². The molecule has 0 bridgehead atoms. The van der Waals surface area contributed by atoms with Crippen LogP contribution in [0.25, 0.3) is 0 Å². The fourth-order valence-corrected chi connectivity index (χ4v) is 1.88. The largest absolute Gasteiger partial charge is 0.507 e. The molecule has 0 fully saturated rings. The Balaban J connectivity index is 1.92. The Morgan fingerprint density at radius 1 is 0.913 bits per heavy atom. The van der Waals surface area contributed by atoms with E-state index < -0.39 is 5.97 Å². The molecular formula is C17H16N2O4. The van der Waals surface area contributed by atoms with E-state index in [1.54, 1.807) is 42.6 Å². The Labute approximate surface area is 133 Å². The molecule has 0 saturated carbocycles. The highest BCUT2D eigenvalue weighted by atomic mass is 16.4. The monoisotopic (exact) mass is 312 g/mol. The van der Waals surface area contributed by atoms with Gasteiger partial charge < -0.3 is 15.3 Å². The van der Waals surface area contributed by atoms with E-state index in [-0.39, 0.29) is 17.1 Å². The first-order valence-electron chi connectivity index (χ1n) is 6.92. The molecule has 0 saturated heterocycles. The number of aromatic carboxylic acids is 1. The molecule has 3 N–H and O–H groups in total. The zero-order valence-corrected chi connectivity index (χ0v) is 12.3. The second-order valence-corrected chi connectivity index (χ2v) is 4.68. The zero-order valence-electron chi connectivity index (χ0n) is 12.3. The highest BCUT2D eigenvalue weighted by molar-refractivity contribution is 5.95. The summed E-state index contributed by atoms with van der Waals surface area (Å²) in [5.41, 5.74) is 0.810. The standard InChI is InChI=1S/C17H16N2O4/c20-15-7-2-1-4-12(15)10-18-8-9-19-11-13-5-3-6-14(16(13)21)17(22)23/h1-7,10-11,20-21H,8-9H2,(H,22,23). The lowest BCUT2D eigenvalue weighted by Crippen LogP contribution is -1.99. The summed E-state index contributed by atoms with van der Waals surface area (Å²) in [7, 11) is 0. The van der Waals surface area contributed by atoms with Gasteiger partial charge >= 0.3 is 5.97 Å². The Hall–Kier alpha value is -3.15. The van der Waals surface area contributed by atoms with E-state index in [0.29, 0.717) is 24.2 Å². The molecule has 118 valence electrons. The van der Waals surface area contributed by atoms with E-state index in [9.17, 15) is 15.0 Å². The van der Waals surface area contributed by atoms with Gasteiger partial charge in [-0.05, 0) is 24.3 Å². The molecule has 0 unspecified atom stereocenters. The van der Waals surface area contributed by atoms with Gasteiger partial charge in [-0.2, -0.15) is 0 Å². The minimum Gasteiger partial charge on any atom is -0.507 e. The van der Waals surface area contributed by atoms with Crippen molar-refractivity contribution in [2.75, 3.05) is 13.1 Å². The third-order valence-electron chi connectivity index (χ3n) is 3.05. The number of carboxylic acid groups (broad SMARTS) is 1. The van der Waals surface area contributed by atoms with Gasteiger partial charge in [-0.3, -0.25) is 9.98 Å². The van der Waals surface area contributed by atoms with Crippen LogP contribution < -0.4 is 0 Å². The van der Waals surface area contributed by atoms with Gasteiger partial charge in [0.1, 0.15) is 17.1 Å². The lowest BCUT2D eigenvalue weighted by Gasteiger charge is -2.02. The fraction of sp³-hybridized carbons (Fsp3) is 0.118. The molecule has 0 aliphatic heterocycles. The van der Waals surface area contributed by atoms with Crippen molar-refractivity contribution in [3.05, 3.63) is 59.2 Å². The van der Waals surface area contributed by atoms with Crippen molar-refractivity contribution in [3.8, 4) is 11.5 Å². The second kappa shape index (κ2) is 7.74. The molecule has 23 heavy (non-hydrogen) atoms. The number of carboxylic acids is 1. The normalized spacial score (nSPS) is 11.3. The highest BCUT2D eigenvalue weighted by Gasteiger charge is 2.11. The van der Waals surface area contributed by atoms with E-state index in [2.05, 4.69) is 9.98 Å². The van der Waals surface area contributed by atoms with Gasteiger partial charge in [-0.15, -0.1) is 0 Å². The van der Waals surface area contributed by atoms with Crippen molar-refractivity contribution in [1.82, 2.24) is 0 Å². The predicted molar refractivity (Wildman–Crippen MR) is 88.1 cm³/mol. The molecule has 0 radical (unpaired) electrons. The predicted octanol–water partition coefficient (Wildman–Crippen LogP) is 2.33. The summed E-state index contributed by atoms with van der Waals surface area (Å²) in [4.78, 5) is 19.2. The smallest absolute Gasteiger partial charge is 0.339 e. The third-order valence-corrected chi connectivity index (χ3v) is 3.05. The van der Waals surface area contributed by atoms with Crippen molar-refractivity contribution >= 4 is 18.4 Å². The first kappa shape index (κ1) is 16.2. The second-order valence-electron chi connectivity index (χ2n) is 4.68. The van der Waals surface area contributed by atoms with Crippen molar-refractivity contribution < 1.29 is 20.1 Å². The number of rotatable bonds is 6. The van der Waals surface area contributed by atoms with Crippen molar-refractivity contribution in [2.24, 2.45) is 9.98 Å². The van der Waals surface area contributed by atoms with Crippen LogP contribution in [0.5, 0.6) is 11.5 Å². The van der Waals surface area contributed by atoms with Gasteiger partial charge in [-0.1, -0.05) is 18.2 Å². The highest BCUT2D eigenvalue weighted by Crippen LogP contribution is 2.20. The van der Waals surface area contributed by atoms with Crippen LogP contribution in [0.3, 0.4) is 0 Å². The van der Waals surface area contributed by atoms with Gasteiger partial charge in [0, 0.05) is 23.6 Å². The number of hydrogen-bond donors (Lipinski definition) is 3. The number of phenolic OH excluding ortho intramolecular Hbond substituents is 1. The molecule has 0 amide bonds. The van der Waals surface area contributed by atoms with E-state index in [1.165, 1.54) is 12.3 Å². The number of phenols is 2. The maximum atomic E-state index is 10.9. The van der Waals surface area contributed by atoms with Gasteiger partial charge in [0.25, 0.3) is 0 Å². The summed E-state index contributed by atoms with van der Waals surface area (Å²) >= 11 is 0. The first-order valence-corrected chi connectivity index (χ1v) is 6.92. The van der Waals surface area contributed by atoms with Crippen LogP contribution >= 0.6 is 0 Å². The summed E-state index contributed by atoms with van der Waals surface area (Å²) in [6.07, 6.45) is 2.98. The minimum absolute atomic E-state index is 0.161. The molecule has 0 aliphatic carbocycles. The Morgan fingerprint density at radius 3 is 2.17 bits per heavy atom. The SMILES string of the molecule is O=C(O)c1cccc(C=NCCN=Cc2ccccc2O)c1O. The molecular weight excluding hydrogens is 296 g/mol. The number of aromatic hydroxyl groups is 2. The van der Waals surface area contributed by atoms with Crippen LogP contribution in [-0.2, 0) is 0 Å². The fourth-order valence-electron chi connectivity index (χ4n) is 1.88. The number of carbonyl (C=O) groups is 1. The Kier molecular flexibility index (Phi) is 5.46. The van der Waals surface area contributed by atoms with Crippen molar-refractivity contribution in [2.45, 2.75) is 0 Å². The van der Waals surface area contributed by atoms with Crippen LogP contribution in [0, 0.1) is 0 Å². The molecule has 0 aromatic heterocycles. The maximum absolute atomic E-state index is 10.9. The summed E-state index contributed by atoms with van der Waals surface area (Å²) in [6, 6.07) is 11.3. The van der Waals surface area contributed by atoms with Crippen LogP contribution in [-0.4, -0.2) is 46.8 Å². The van der Waals surface area contributed by atoms with E-state index >= 15 is 0 Å². The average Bonchev–Trinajstić information content (AvgIpc) is 2.53. The first-order chi connectivity index (χ1) is 11.1. The minimum atomic E-state index is -1.19. The van der Waals surface area contributed by atoms with E-state index in [4.69, 9.17) is 5.11 Å². The summed E-state index contributed by atoms with van der Waals surface area (Å²) < 4.78 is 0. The van der Waals surface area contributed by atoms with Gasteiger partial charge in [0.05, 0.1) is 13.1 Å². The van der Waals surface area contributed by atoms with Crippen LogP contribution in [0.1, 0.15) is 21.5 Å².